The molecule has 0 aliphatic heterocycles. The number of nitrogens with one attached hydrogen (secondary N) is 3. The van der Waals surface area contributed by atoms with Crippen LogP contribution in [0.5, 0.6) is 0 Å². The van der Waals surface area contributed by atoms with Crippen LogP contribution in [0.4, 0.5) is 5.69 Å². The summed E-state index contributed by atoms with van der Waals surface area (Å²) in [5, 5.41) is 7.91. The molecule has 2 amide bonds. The Labute approximate surface area is 173 Å². The Kier molecular flexibility index (Phi) is 5.39. The van der Waals surface area contributed by atoms with Crippen LogP contribution in [-0.2, 0) is 0 Å². The van der Waals surface area contributed by atoms with Crippen molar-refractivity contribution < 1.29 is 9.59 Å². The normalized spacial score (nSPS) is 11.0. The van der Waals surface area contributed by atoms with Crippen molar-refractivity contribution in [2.24, 2.45) is 5.10 Å². The van der Waals surface area contributed by atoms with E-state index in [4.69, 9.17) is 0 Å². The zero-order valence-electron chi connectivity index (χ0n) is 16.3. The molecule has 30 heavy (non-hydrogen) atoms. The van der Waals surface area contributed by atoms with E-state index in [0.717, 1.165) is 22.0 Å². The van der Waals surface area contributed by atoms with Crippen LogP contribution < -0.4 is 10.7 Å². The molecule has 0 aliphatic carbocycles. The van der Waals surface area contributed by atoms with E-state index in [-0.39, 0.29) is 11.8 Å². The number of rotatable bonds is 5. The number of benzene rings is 3. The highest BCUT2D eigenvalue weighted by Gasteiger charge is 2.10. The van der Waals surface area contributed by atoms with Gasteiger partial charge in [-0.05, 0) is 42.8 Å². The molecular formula is C24H20N4O2. The van der Waals surface area contributed by atoms with Gasteiger partial charge in [0.2, 0.25) is 0 Å². The van der Waals surface area contributed by atoms with E-state index in [1.54, 1.807) is 36.5 Å². The number of aromatic nitrogens is 1. The van der Waals surface area contributed by atoms with Crippen molar-refractivity contribution in [3.8, 4) is 0 Å². The van der Waals surface area contributed by atoms with E-state index in [1.165, 1.54) is 0 Å². The first-order valence-electron chi connectivity index (χ1n) is 9.48. The van der Waals surface area contributed by atoms with Crippen LogP contribution in [0, 0.1) is 6.92 Å². The van der Waals surface area contributed by atoms with Gasteiger partial charge in [0.25, 0.3) is 11.8 Å². The standard InChI is InChI=1S/C24H20N4O2/c1-16-7-2-3-10-20(16)24(30)27-19-9-6-8-17(13-19)23(29)28-26-15-18-14-25-22-12-5-4-11-21(18)22/h2-15,25H,1H3,(H,27,30)(H,28,29)/b26-15-. The number of carbonyl (C=O) groups is 2. The lowest BCUT2D eigenvalue weighted by atomic mass is 10.1. The van der Waals surface area contributed by atoms with Crippen molar-refractivity contribution in [2.75, 3.05) is 5.32 Å². The lowest BCUT2D eigenvalue weighted by molar-refractivity contribution is 0.0953. The fraction of sp³-hybridized carbons (Fsp3) is 0.0417. The van der Waals surface area contributed by atoms with E-state index in [2.05, 4.69) is 20.8 Å². The third kappa shape index (κ3) is 4.12. The van der Waals surface area contributed by atoms with Crippen LogP contribution in [-0.4, -0.2) is 23.0 Å². The molecule has 0 unspecified atom stereocenters. The molecule has 148 valence electrons. The lowest BCUT2D eigenvalue weighted by Crippen LogP contribution is -2.18. The summed E-state index contributed by atoms with van der Waals surface area (Å²) in [5.74, 6) is -0.582. The molecule has 1 aromatic heterocycles. The molecule has 0 spiro atoms. The smallest absolute Gasteiger partial charge is 0.271 e. The van der Waals surface area contributed by atoms with Gasteiger partial charge in [-0.1, -0.05) is 42.5 Å². The molecule has 0 saturated carbocycles. The minimum atomic E-state index is -0.363. The fourth-order valence-corrected chi connectivity index (χ4v) is 3.19. The minimum Gasteiger partial charge on any atom is -0.361 e. The number of anilines is 1. The summed E-state index contributed by atoms with van der Waals surface area (Å²) in [4.78, 5) is 28.1. The average Bonchev–Trinajstić information content (AvgIpc) is 3.17. The summed E-state index contributed by atoms with van der Waals surface area (Å²) in [6, 6.07) is 21.9. The van der Waals surface area contributed by atoms with Crippen molar-refractivity contribution in [3.63, 3.8) is 0 Å². The molecule has 0 fully saturated rings. The number of fused-ring (bicyclic) bond motifs is 1. The quantitative estimate of drug-likeness (QED) is 0.343. The largest absolute Gasteiger partial charge is 0.361 e. The Hall–Kier alpha value is -4.19. The van der Waals surface area contributed by atoms with E-state index >= 15 is 0 Å². The molecule has 4 aromatic rings. The number of para-hydroxylation sites is 1. The molecular weight excluding hydrogens is 376 g/mol. The van der Waals surface area contributed by atoms with Crippen molar-refractivity contribution in [1.29, 1.82) is 0 Å². The van der Waals surface area contributed by atoms with Crippen LogP contribution in [0.3, 0.4) is 0 Å². The summed E-state index contributed by atoms with van der Waals surface area (Å²) in [5.41, 5.74) is 6.82. The first kappa shape index (κ1) is 19.1. The molecule has 0 bridgehead atoms. The summed E-state index contributed by atoms with van der Waals surface area (Å²) in [6.07, 6.45) is 3.43. The molecule has 6 heteroatoms. The summed E-state index contributed by atoms with van der Waals surface area (Å²) in [6.45, 7) is 1.88. The summed E-state index contributed by atoms with van der Waals surface area (Å²) < 4.78 is 0. The molecule has 3 N–H and O–H groups in total. The minimum absolute atomic E-state index is 0.219. The molecule has 3 aromatic carbocycles. The van der Waals surface area contributed by atoms with E-state index in [1.807, 2.05) is 55.6 Å². The molecule has 0 atom stereocenters. The van der Waals surface area contributed by atoms with Gasteiger partial charge in [0.15, 0.2) is 0 Å². The number of H-pyrrole nitrogens is 1. The third-order valence-corrected chi connectivity index (χ3v) is 4.76. The summed E-state index contributed by atoms with van der Waals surface area (Å²) >= 11 is 0. The molecule has 0 saturated heterocycles. The maximum absolute atomic E-state index is 12.5. The van der Waals surface area contributed by atoms with Crippen LogP contribution >= 0.6 is 0 Å². The lowest BCUT2D eigenvalue weighted by Gasteiger charge is -2.08. The Bertz CT molecular complexity index is 1260. The van der Waals surface area contributed by atoms with Crippen molar-refractivity contribution in [2.45, 2.75) is 6.92 Å². The topological polar surface area (TPSA) is 86.3 Å². The van der Waals surface area contributed by atoms with Crippen molar-refractivity contribution >= 4 is 34.6 Å². The Balaban J connectivity index is 1.43. The van der Waals surface area contributed by atoms with E-state index < -0.39 is 0 Å². The van der Waals surface area contributed by atoms with E-state index in [0.29, 0.717) is 16.8 Å². The van der Waals surface area contributed by atoms with E-state index in [9.17, 15) is 9.59 Å². The molecule has 4 rings (SSSR count). The van der Waals surface area contributed by atoms with Gasteiger partial charge < -0.3 is 10.3 Å². The van der Waals surface area contributed by atoms with Gasteiger partial charge in [0, 0.05) is 39.5 Å². The molecule has 1 heterocycles. The van der Waals surface area contributed by atoms with Crippen LogP contribution in [0.1, 0.15) is 31.8 Å². The number of hydrogen-bond donors (Lipinski definition) is 3. The number of hydrogen-bond acceptors (Lipinski definition) is 3. The fourth-order valence-electron chi connectivity index (χ4n) is 3.19. The second kappa shape index (κ2) is 8.45. The maximum atomic E-state index is 12.5. The Morgan fingerprint density at radius 1 is 0.933 bits per heavy atom. The van der Waals surface area contributed by atoms with Gasteiger partial charge in [-0.15, -0.1) is 0 Å². The first-order chi connectivity index (χ1) is 14.6. The van der Waals surface area contributed by atoms with Gasteiger partial charge in [0.1, 0.15) is 0 Å². The monoisotopic (exact) mass is 396 g/mol. The zero-order valence-corrected chi connectivity index (χ0v) is 16.3. The Morgan fingerprint density at radius 3 is 2.60 bits per heavy atom. The van der Waals surface area contributed by atoms with Crippen molar-refractivity contribution in [1.82, 2.24) is 10.4 Å². The van der Waals surface area contributed by atoms with Gasteiger partial charge in [-0.3, -0.25) is 9.59 Å². The third-order valence-electron chi connectivity index (χ3n) is 4.76. The van der Waals surface area contributed by atoms with Crippen LogP contribution in [0.25, 0.3) is 10.9 Å². The zero-order chi connectivity index (χ0) is 20.9. The maximum Gasteiger partial charge on any atom is 0.271 e. The average molecular weight is 396 g/mol. The first-order valence-corrected chi connectivity index (χ1v) is 9.48. The van der Waals surface area contributed by atoms with Gasteiger partial charge in [-0.25, -0.2) is 5.43 Å². The SMILES string of the molecule is Cc1ccccc1C(=O)Nc1cccc(C(=O)N/N=C\c2c[nH]c3ccccc23)c1. The number of aromatic amines is 1. The number of amides is 2. The molecule has 6 nitrogen and oxygen atoms in total. The van der Waals surface area contributed by atoms with Gasteiger partial charge in [0.05, 0.1) is 6.21 Å². The highest BCUT2D eigenvalue weighted by Crippen LogP contribution is 2.16. The number of carbonyl (C=O) groups excluding carboxylic acids is 2. The molecule has 0 aliphatic rings. The van der Waals surface area contributed by atoms with Crippen LogP contribution in [0.2, 0.25) is 0 Å². The number of hydrazone groups is 1. The van der Waals surface area contributed by atoms with Crippen molar-refractivity contribution in [3.05, 3.63) is 101 Å². The van der Waals surface area contributed by atoms with Gasteiger partial charge in [-0.2, -0.15) is 5.10 Å². The Morgan fingerprint density at radius 2 is 1.73 bits per heavy atom. The summed E-state index contributed by atoms with van der Waals surface area (Å²) in [7, 11) is 0. The second-order valence-electron chi connectivity index (χ2n) is 6.84. The second-order valence-corrected chi connectivity index (χ2v) is 6.84. The number of nitrogens with zero attached hydrogens (tertiary/aromatic N) is 1. The predicted octanol–water partition coefficient (Wildman–Crippen LogP) is 4.49. The van der Waals surface area contributed by atoms with Gasteiger partial charge >= 0.3 is 0 Å². The highest BCUT2D eigenvalue weighted by molar-refractivity contribution is 6.06. The van der Waals surface area contributed by atoms with Crippen LogP contribution in [0.15, 0.2) is 84.1 Å². The molecule has 0 radical (unpaired) electrons. The highest BCUT2D eigenvalue weighted by atomic mass is 16.2. The number of aryl methyl sites for hydroxylation is 1. The predicted molar refractivity (Wildman–Crippen MR) is 119 cm³/mol.